The molecule has 2 atom stereocenters. The van der Waals surface area contributed by atoms with Crippen LogP contribution >= 0.6 is 12.4 Å². The topological polar surface area (TPSA) is 106 Å². The third kappa shape index (κ3) is 4.27. The van der Waals surface area contributed by atoms with Gasteiger partial charge in [-0.15, -0.1) is 12.4 Å². The summed E-state index contributed by atoms with van der Waals surface area (Å²) < 4.78 is 23.5. The Kier molecular flexibility index (Phi) is 6.81. The number of primary sulfonamides is 1. The SMILES string of the molecule is Cc1cc(C(=O)N2CCCCC2C(C)N)cc(S(N)(=O)=O)c1C.Cl. The molecule has 24 heavy (non-hydrogen) atoms. The van der Waals surface area contributed by atoms with E-state index in [1.54, 1.807) is 24.8 Å². The summed E-state index contributed by atoms with van der Waals surface area (Å²) in [4.78, 5) is 14.7. The van der Waals surface area contributed by atoms with Gasteiger partial charge in [-0.3, -0.25) is 4.79 Å². The summed E-state index contributed by atoms with van der Waals surface area (Å²) in [6.07, 6.45) is 2.85. The number of nitrogens with zero attached hydrogens (tertiary/aromatic N) is 1. The average Bonchev–Trinajstić information content (AvgIpc) is 2.47. The zero-order valence-corrected chi connectivity index (χ0v) is 15.9. The highest BCUT2D eigenvalue weighted by atomic mass is 35.5. The van der Waals surface area contributed by atoms with Crippen LogP contribution in [-0.4, -0.2) is 37.9 Å². The molecule has 2 rings (SSSR count). The largest absolute Gasteiger partial charge is 0.334 e. The lowest BCUT2D eigenvalue weighted by atomic mass is 9.95. The van der Waals surface area contributed by atoms with Crippen molar-refractivity contribution >= 4 is 28.3 Å². The summed E-state index contributed by atoms with van der Waals surface area (Å²) in [6, 6.07) is 2.96. The van der Waals surface area contributed by atoms with E-state index in [0.717, 1.165) is 24.8 Å². The van der Waals surface area contributed by atoms with Crippen molar-refractivity contribution in [3.05, 3.63) is 28.8 Å². The molecule has 2 unspecified atom stereocenters. The number of aryl methyl sites for hydroxylation is 1. The Morgan fingerprint density at radius 3 is 2.46 bits per heavy atom. The van der Waals surface area contributed by atoms with Crippen LogP contribution in [0.25, 0.3) is 0 Å². The molecule has 4 N–H and O–H groups in total. The van der Waals surface area contributed by atoms with Crippen molar-refractivity contribution in [3.8, 4) is 0 Å². The molecule has 0 saturated carbocycles. The number of halogens is 1. The van der Waals surface area contributed by atoms with E-state index in [1.165, 1.54) is 6.07 Å². The highest BCUT2D eigenvalue weighted by molar-refractivity contribution is 7.89. The van der Waals surface area contributed by atoms with Crippen molar-refractivity contribution in [1.29, 1.82) is 0 Å². The quantitative estimate of drug-likeness (QED) is 0.838. The molecule has 1 amide bonds. The molecule has 1 aromatic carbocycles. The van der Waals surface area contributed by atoms with Gasteiger partial charge in [0.15, 0.2) is 0 Å². The van der Waals surface area contributed by atoms with Crippen molar-refractivity contribution < 1.29 is 13.2 Å². The van der Waals surface area contributed by atoms with Crippen LogP contribution in [0.2, 0.25) is 0 Å². The number of hydrogen-bond acceptors (Lipinski definition) is 4. The smallest absolute Gasteiger partial charge is 0.254 e. The summed E-state index contributed by atoms with van der Waals surface area (Å²) >= 11 is 0. The van der Waals surface area contributed by atoms with Gasteiger partial charge in [-0.05, 0) is 63.3 Å². The number of benzene rings is 1. The van der Waals surface area contributed by atoms with Crippen LogP contribution in [0.3, 0.4) is 0 Å². The van der Waals surface area contributed by atoms with Gasteiger partial charge in [-0.1, -0.05) is 0 Å². The predicted octanol–water partition coefficient (Wildman–Crippen LogP) is 1.71. The lowest BCUT2D eigenvalue weighted by Crippen LogP contribution is -2.51. The first-order chi connectivity index (χ1) is 10.6. The standard InChI is InChI=1S/C16H25N3O3S.ClH/c1-10-8-13(9-15(11(10)2)23(18,21)22)16(20)19-7-5-4-6-14(19)12(3)17;/h8-9,12,14H,4-7,17H2,1-3H3,(H2,18,21,22);1H. The van der Waals surface area contributed by atoms with Crippen molar-refractivity contribution in [1.82, 2.24) is 4.90 Å². The number of hydrogen-bond donors (Lipinski definition) is 2. The van der Waals surface area contributed by atoms with Crippen LogP contribution in [0.4, 0.5) is 0 Å². The van der Waals surface area contributed by atoms with Crippen molar-refractivity contribution in [2.75, 3.05) is 6.54 Å². The summed E-state index contributed by atoms with van der Waals surface area (Å²) in [5.41, 5.74) is 7.67. The second kappa shape index (κ2) is 7.82. The van der Waals surface area contributed by atoms with Crippen molar-refractivity contribution in [3.63, 3.8) is 0 Å². The predicted molar refractivity (Wildman–Crippen MR) is 96.9 cm³/mol. The number of carbonyl (C=O) groups excluding carboxylic acids is 1. The van der Waals surface area contributed by atoms with Crippen LogP contribution in [0.1, 0.15) is 47.7 Å². The third-order valence-corrected chi connectivity index (χ3v) is 5.63. The number of sulfonamides is 1. The van der Waals surface area contributed by atoms with Crippen LogP contribution < -0.4 is 10.9 Å². The Morgan fingerprint density at radius 2 is 1.92 bits per heavy atom. The van der Waals surface area contributed by atoms with E-state index in [4.69, 9.17) is 10.9 Å². The highest BCUT2D eigenvalue weighted by Gasteiger charge is 2.30. The molecule has 1 aliphatic heterocycles. The fraction of sp³-hybridized carbons (Fsp3) is 0.562. The van der Waals surface area contributed by atoms with Gasteiger partial charge in [0.25, 0.3) is 5.91 Å². The van der Waals surface area contributed by atoms with Gasteiger partial charge in [0.05, 0.1) is 4.90 Å². The molecule has 0 spiro atoms. The van der Waals surface area contributed by atoms with Gasteiger partial charge in [0.2, 0.25) is 10.0 Å². The third-order valence-electron chi connectivity index (χ3n) is 4.59. The molecular weight excluding hydrogens is 350 g/mol. The maximum absolute atomic E-state index is 12.9. The minimum absolute atomic E-state index is 0. The number of amides is 1. The lowest BCUT2D eigenvalue weighted by Gasteiger charge is -2.38. The Morgan fingerprint density at radius 1 is 1.29 bits per heavy atom. The van der Waals surface area contributed by atoms with Crippen molar-refractivity contribution in [2.24, 2.45) is 10.9 Å². The van der Waals surface area contributed by atoms with Gasteiger partial charge >= 0.3 is 0 Å². The second-order valence-corrected chi connectivity index (χ2v) is 7.91. The van der Waals surface area contributed by atoms with Gasteiger partial charge < -0.3 is 10.6 Å². The highest BCUT2D eigenvalue weighted by Crippen LogP contribution is 2.25. The van der Waals surface area contributed by atoms with Crippen LogP contribution in [0, 0.1) is 13.8 Å². The molecule has 136 valence electrons. The normalized spacial score (nSPS) is 19.5. The molecule has 1 aromatic rings. The average molecular weight is 376 g/mol. The molecule has 8 heteroatoms. The van der Waals surface area contributed by atoms with Crippen LogP contribution in [0.5, 0.6) is 0 Å². The number of nitrogens with two attached hydrogens (primary N) is 2. The molecule has 0 aromatic heterocycles. The number of rotatable bonds is 3. The van der Waals surface area contributed by atoms with Crippen molar-refractivity contribution in [2.45, 2.75) is 57.0 Å². The molecule has 1 heterocycles. The minimum Gasteiger partial charge on any atom is -0.334 e. The molecule has 0 radical (unpaired) electrons. The molecule has 1 fully saturated rings. The monoisotopic (exact) mass is 375 g/mol. The van der Waals surface area contributed by atoms with Crippen LogP contribution in [0.15, 0.2) is 17.0 Å². The fourth-order valence-corrected chi connectivity index (χ4v) is 4.05. The van der Waals surface area contributed by atoms with Gasteiger partial charge in [-0.25, -0.2) is 13.6 Å². The van der Waals surface area contributed by atoms with E-state index in [9.17, 15) is 13.2 Å². The molecule has 0 aliphatic carbocycles. The Bertz CT molecular complexity index is 720. The molecular formula is C16H26ClN3O3S. The second-order valence-electron chi connectivity index (χ2n) is 6.38. The Hall–Kier alpha value is -1.15. The van der Waals surface area contributed by atoms with Crippen LogP contribution in [-0.2, 0) is 10.0 Å². The Labute approximate surface area is 150 Å². The van der Waals surface area contributed by atoms with Gasteiger partial charge in [0, 0.05) is 24.2 Å². The first-order valence-electron chi connectivity index (χ1n) is 7.83. The summed E-state index contributed by atoms with van der Waals surface area (Å²) in [5.74, 6) is -0.181. The molecule has 0 bridgehead atoms. The number of carbonyl (C=O) groups is 1. The van der Waals surface area contributed by atoms with Gasteiger partial charge in [-0.2, -0.15) is 0 Å². The lowest BCUT2D eigenvalue weighted by molar-refractivity contribution is 0.0583. The van der Waals surface area contributed by atoms with E-state index < -0.39 is 10.0 Å². The van der Waals surface area contributed by atoms with E-state index >= 15 is 0 Å². The summed E-state index contributed by atoms with van der Waals surface area (Å²) in [6.45, 7) is 6.00. The molecule has 1 aliphatic rings. The van der Waals surface area contributed by atoms with E-state index in [-0.39, 0.29) is 35.3 Å². The maximum atomic E-state index is 12.9. The number of piperidine rings is 1. The summed E-state index contributed by atoms with van der Waals surface area (Å²) in [5, 5.41) is 5.28. The minimum atomic E-state index is -3.87. The molecule has 6 nitrogen and oxygen atoms in total. The maximum Gasteiger partial charge on any atom is 0.254 e. The first kappa shape index (κ1) is 20.9. The Balaban J connectivity index is 0.00000288. The zero-order chi connectivity index (χ0) is 17.4. The van der Waals surface area contributed by atoms with E-state index in [2.05, 4.69) is 0 Å². The van der Waals surface area contributed by atoms with Gasteiger partial charge in [0.1, 0.15) is 0 Å². The fourth-order valence-electron chi connectivity index (χ4n) is 3.17. The zero-order valence-electron chi connectivity index (χ0n) is 14.3. The summed E-state index contributed by atoms with van der Waals surface area (Å²) in [7, 11) is -3.87. The van der Waals surface area contributed by atoms with E-state index in [1.807, 2.05) is 6.92 Å². The molecule has 1 saturated heterocycles. The number of likely N-dealkylation sites (tertiary alicyclic amines) is 1. The van der Waals surface area contributed by atoms with E-state index in [0.29, 0.717) is 17.7 Å². The first-order valence-corrected chi connectivity index (χ1v) is 9.38.